The minimum atomic E-state index is -0.0825. The van der Waals surface area contributed by atoms with Gasteiger partial charge in [-0.25, -0.2) is 9.97 Å². The van der Waals surface area contributed by atoms with Crippen molar-refractivity contribution in [3.8, 4) is 0 Å². The highest BCUT2D eigenvalue weighted by atomic mass is 127. The molecule has 1 amide bonds. The fourth-order valence-corrected chi connectivity index (χ4v) is 3.11. The van der Waals surface area contributed by atoms with Crippen LogP contribution in [0.4, 0.5) is 5.82 Å². The lowest BCUT2D eigenvalue weighted by Crippen LogP contribution is -2.39. The Bertz CT molecular complexity index is 749. The zero-order valence-electron chi connectivity index (χ0n) is 15.9. The first-order valence-electron chi connectivity index (χ1n) is 8.72. The number of aliphatic imine (C=N–C) groups is 1. The second kappa shape index (κ2) is 12.6. The number of hydrogen-bond acceptors (Lipinski definition) is 5. The summed E-state index contributed by atoms with van der Waals surface area (Å²) in [4.78, 5) is 26.1. The van der Waals surface area contributed by atoms with Crippen molar-refractivity contribution in [3.05, 3.63) is 40.0 Å². The van der Waals surface area contributed by atoms with Gasteiger partial charge in [0.05, 0.1) is 5.01 Å². The number of hydrogen-bond donors (Lipinski definition) is 3. The number of amides is 1. The molecule has 3 N–H and O–H groups in total. The zero-order chi connectivity index (χ0) is 18.8. The van der Waals surface area contributed by atoms with Crippen molar-refractivity contribution in [3.63, 3.8) is 0 Å². The Morgan fingerprint density at radius 2 is 2.04 bits per heavy atom. The van der Waals surface area contributed by atoms with E-state index in [4.69, 9.17) is 0 Å². The van der Waals surface area contributed by atoms with Crippen molar-refractivity contribution in [2.45, 2.75) is 33.1 Å². The van der Waals surface area contributed by atoms with Gasteiger partial charge in [0.2, 0.25) is 5.91 Å². The molecule has 9 heteroatoms. The molecule has 0 spiro atoms. The van der Waals surface area contributed by atoms with Crippen LogP contribution in [0.15, 0.2) is 29.4 Å². The van der Waals surface area contributed by atoms with E-state index in [9.17, 15) is 4.79 Å². The third-order valence-electron chi connectivity index (χ3n) is 3.61. The first-order chi connectivity index (χ1) is 12.6. The number of aromatic nitrogens is 2. The fourth-order valence-electron chi connectivity index (χ4n) is 2.25. The summed E-state index contributed by atoms with van der Waals surface area (Å²) in [5.74, 6) is 1.17. The van der Waals surface area contributed by atoms with Crippen LogP contribution >= 0.6 is 35.3 Å². The lowest BCUT2D eigenvalue weighted by atomic mass is 10.3. The summed E-state index contributed by atoms with van der Waals surface area (Å²) in [5.41, 5.74) is 0.872. The minimum Gasteiger partial charge on any atom is -0.356 e. The summed E-state index contributed by atoms with van der Waals surface area (Å²) in [6, 6.07) is 5.54. The van der Waals surface area contributed by atoms with Crippen molar-refractivity contribution in [1.29, 1.82) is 0 Å². The topological polar surface area (TPSA) is 91.3 Å². The molecule has 2 rings (SSSR count). The highest BCUT2D eigenvalue weighted by Crippen LogP contribution is 2.13. The van der Waals surface area contributed by atoms with E-state index in [0.717, 1.165) is 30.1 Å². The van der Waals surface area contributed by atoms with E-state index in [-0.39, 0.29) is 29.9 Å². The van der Waals surface area contributed by atoms with Crippen molar-refractivity contribution in [1.82, 2.24) is 20.6 Å². The first-order valence-corrected chi connectivity index (χ1v) is 9.54. The second-order valence-corrected chi connectivity index (χ2v) is 6.91. The molecule has 7 nitrogen and oxygen atoms in total. The van der Waals surface area contributed by atoms with Crippen LogP contribution < -0.4 is 16.0 Å². The molecule has 0 saturated heterocycles. The van der Waals surface area contributed by atoms with Crippen LogP contribution in [-0.2, 0) is 17.6 Å². The van der Waals surface area contributed by atoms with Gasteiger partial charge in [-0.2, -0.15) is 0 Å². The van der Waals surface area contributed by atoms with Gasteiger partial charge in [0, 0.05) is 49.7 Å². The summed E-state index contributed by atoms with van der Waals surface area (Å²) in [6.45, 7) is 5.26. The molecule has 0 aliphatic heterocycles. The number of pyridine rings is 1. The van der Waals surface area contributed by atoms with Gasteiger partial charge in [0.1, 0.15) is 5.82 Å². The van der Waals surface area contributed by atoms with Gasteiger partial charge in [0.15, 0.2) is 5.96 Å². The van der Waals surface area contributed by atoms with Crippen molar-refractivity contribution >= 4 is 53.0 Å². The largest absolute Gasteiger partial charge is 0.356 e. The average Bonchev–Trinajstić information content (AvgIpc) is 3.08. The third kappa shape index (κ3) is 8.65. The molecular weight excluding hydrogens is 475 g/mol. The maximum atomic E-state index is 12.0. The number of guanidine groups is 1. The highest BCUT2D eigenvalue weighted by Gasteiger charge is 2.05. The molecule has 148 valence electrons. The lowest BCUT2D eigenvalue weighted by molar-refractivity contribution is -0.116. The van der Waals surface area contributed by atoms with E-state index in [1.165, 1.54) is 4.88 Å². The van der Waals surface area contributed by atoms with E-state index in [1.54, 1.807) is 24.5 Å². The first kappa shape index (κ1) is 23.3. The smallest absolute Gasteiger partial charge is 0.227 e. The number of rotatable bonds is 8. The Balaban J connectivity index is 0.00000364. The van der Waals surface area contributed by atoms with Gasteiger partial charge in [-0.3, -0.25) is 9.79 Å². The van der Waals surface area contributed by atoms with Gasteiger partial charge >= 0.3 is 0 Å². The molecule has 0 unspecified atom stereocenters. The van der Waals surface area contributed by atoms with Gasteiger partial charge in [-0.05, 0) is 25.5 Å². The van der Waals surface area contributed by atoms with Crippen LogP contribution in [0.3, 0.4) is 0 Å². The molecule has 0 aliphatic carbocycles. The number of nitrogens with one attached hydrogen (secondary N) is 3. The van der Waals surface area contributed by atoms with E-state index in [2.05, 4.69) is 37.8 Å². The Kier molecular flexibility index (Phi) is 10.9. The number of thiazole rings is 1. The number of nitrogens with zero attached hydrogens (tertiary/aromatic N) is 3. The molecule has 2 heterocycles. The lowest BCUT2D eigenvalue weighted by Gasteiger charge is -2.11. The number of aryl methyl sites for hydroxylation is 2. The molecule has 0 fully saturated rings. The van der Waals surface area contributed by atoms with E-state index >= 15 is 0 Å². The number of carbonyl (C=O) groups is 1. The molecule has 0 radical (unpaired) electrons. The van der Waals surface area contributed by atoms with E-state index in [0.29, 0.717) is 24.7 Å². The van der Waals surface area contributed by atoms with Gasteiger partial charge in [-0.15, -0.1) is 35.3 Å². The molecule has 0 aromatic carbocycles. The molecule has 0 atom stereocenters. The van der Waals surface area contributed by atoms with Crippen LogP contribution in [0.25, 0.3) is 0 Å². The van der Waals surface area contributed by atoms with Gasteiger partial charge in [0.25, 0.3) is 0 Å². The summed E-state index contributed by atoms with van der Waals surface area (Å²) in [5, 5.41) is 10.3. The number of carbonyl (C=O) groups excluding carboxylic acids is 1. The summed E-state index contributed by atoms with van der Waals surface area (Å²) in [6.07, 6.45) is 4.15. The molecule has 2 aromatic rings. The summed E-state index contributed by atoms with van der Waals surface area (Å²) < 4.78 is 0. The molecular formula is C18H27IN6OS. The maximum absolute atomic E-state index is 12.0. The SMILES string of the molecule is CCc1cnc(CCNC(=NC)NCCC(=O)Nc2cccc(C)n2)s1.I. The normalized spacial score (nSPS) is 10.9. The third-order valence-corrected chi connectivity index (χ3v) is 4.81. The minimum absolute atomic E-state index is 0. The van der Waals surface area contributed by atoms with Crippen molar-refractivity contribution in [2.24, 2.45) is 4.99 Å². The van der Waals surface area contributed by atoms with Crippen LogP contribution in [0.2, 0.25) is 0 Å². The Morgan fingerprint density at radius 3 is 2.70 bits per heavy atom. The predicted octanol–water partition coefficient (Wildman–Crippen LogP) is 2.76. The molecule has 0 bridgehead atoms. The van der Waals surface area contributed by atoms with E-state index < -0.39 is 0 Å². The Labute approximate surface area is 181 Å². The number of anilines is 1. The summed E-state index contributed by atoms with van der Waals surface area (Å²) in [7, 11) is 1.71. The fraction of sp³-hybridized carbons (Fsp3) is 0.444. The van der Waals surface area contributed by atoms with Crippen molar-refractivity contribution in [2.75, 3.05) is 25.5 Å². The van der Waals surface area contributed by atoms with Crippen LogP contribution in [0, 0.1) is 6.92 Å². The monoisotopic (exact) mass is 502 g/mol. The number of halogens is 1. The highest BCUT2D eigenvalue weighted by molar-refractivity contribution is 14.0. The van der Waals surface area contributed by atoms with E-state index in [1.807, 2.05) is 25.3 Å². The van der Waals surface area contributed by atoms with Gasteiger partial charge in [-0.1, -0.05) is 13.0 Å². The second-order valence-electron chi connectivity index (χ2n) is 5.71. The Hall–Kier alpha value is -1.75. The molecule has 2 aromatic heterocycles. The molecule has 27 heavy (non-hydrogen) atoms. The molecule has 0 saturated carbocycles. The van der Waals surface area contributed by atoms with Crippen LogP contribution in [0.5, 0.6) is 0 Å². The average molecular weight is 502 g/mol. The standard InChI is InChI=1S/C18H26N6OS.HI/c1-4-14-12-22-17(26-14)9-11-21-18(19-3)20-10-8-16(25)24-15-7-5-6-13(2)23-15;/h5-7,12H,4,8-11H2,1-3H3,(H2,19,20,21)(H,23,24,25);1H. The van der Waals surface area contributed by atoms with Crippen LogP contribution in [0.1, 0.15) is 28.9 Å². The zero-order valence-corrected chi connectivity index (χ0v) is 19.1. The molecule has 0 aliphatic rings. The predicted molar refractivity (Wildman–Crippen MR) is 122 cm³/mol. The van der Waals surface area contributed by atoms with Gasteiger partial charge < -0.3 is 16.0 Å². The summed E-state index contributed by atoms with van der Waals surface area (Å²) >= 11 is 1.75. The Morgan fingerprint density at radius 1 is 1.26 bits per heavy atom. The van der Waals surface area contributed by atoms with Crippen LogP contribution in [-0.4, -0.2) is 42.0 Å². The van der Waals surface area contributed by atoms with Crippen molar-refractivity contribution < 1.29 is 4.79 Å². The maximum Gasteiger partial charge on any atom is 0.227 e. The quantitative estimate of drug-likeness (QED) is 0.294.